The van der Waals surface area contributed by atoms with E-state index < -0.39 is 0 Å². The monoisotopic (exact) mass is 263 g/mol. The van der Waals surface area contributed by atoms with Gasteiger partial charge in [-0.3, -0.25) is 0 Å². The molecule has 3 nitrogen and oxygen atoms in total. The van der Waals surface area contributed by atoms with E-state index in [0.717, 1.165) is 36.7 Å². The molecule has 1 fully saturated rings. The Kier molecular flexibility index (Phi) is 5.23. The van der Waals surface area contributed by atoms with Crippen LogP contribution in [0.25, 0.3) is 0 Å². The van der Waals surface area contributed by atoms with Gasteiger partial charge >= 0.3 is 0 Å². The second-order valence-electron chi connectivity index (χ2n) is 5.34. The van der Waals surface area contributed by atoms with Crippen molar-refractivity contribution in [3.8, 4) is 5.75 Å². The molecule has 1 aliphatic carbocycles. The molecule has 2 rings (SSSR count). The standard InChI is InChI=1S/C16H25NO2/c1-3-14(17)16(19-11-10-12-8-9-12)13-6-4-5-7-15(13)18-2/h4-7,12,14,16H,3,8-11,17H2,1-2H3. The van der Waals surface area contributed by atoms with E-state index in [0.29, 0.717) is 0 Å². The van der Waals surface area contributed by atoms with Gasteiger partial charge in [-0.2, -0.15) is 0 Å². The number of hydrogen-bond acceptors (Lipinski definition) is 3. The fraction of sp³-hybridized carbons (Fsp3) is 0.625. The summed E-state index contributed by atoms with van der Waals surface area (Å²) in [5, 5.41) is 0. The lowest BCUT2D eigenvalue weighted by Gasteiger charge is -2.25. The summed E-state index contributed by atoms with van der Waals surface area (Å²) in [5.41, 5.74) is 7.29. The predicted molar refractivity (Wildman–Crippen MR) is 77.3 cm³/mol. The highest BCUT2D eigenvalue weighted by molar-refractivity contribution is 5.35. The van der Waals surface area contributed by atoms with Gasteiger partial charge in [0.1, 0.15) is 11.9 Å². The SMILES string of the molecule is CCC(N)C(OCCC1CC1)c1ccccc1OC. The van der Waals surface area contributed by atoms with E-state index >= 15 is 0 Å². The van der Waals surface area contributed by atoms with E-state index in [-0.39, 0.29) is 12.1 Å². The third kappa shape index (κ3) is 3.95. The van der Waals surface area contributed by atoms with Gasteiger partial charge in [-0.15, -0.1) is 0 Å². The second-order valence-corrected chi connectivity index (χ2v) is 5.34. The molecule has 106 valence electrons. The fourth-order valence-electron chi connectivity index (χ4n) is 2.33. The zero-order valence-corrected chi connectivity index (χ0v) is 12.0. The lowest BCUT2D eigenvalue weighted by atomic mass is 10.00. The zero-order valence-electron chi connectivity index (χ0n) is 12.0. The van der Waals surface area contributed by atoms with Crippen LogP contribution in [0.5, 0.6) is 5.75 Å². The summed E-state index contributed by atoms with van der Waals surface area (Å²) in [6, 6.07) is 8.01. The van der Waals surface area contributed by atoms with Crippen molar-refractivity contribution >= 4 is 0 Å². The second kappa shape index (κ2) is 6.92. The van der Waals surface area contributed by atoms with Crippen LogP contribution < -0.4 is 10.5 Å². The van der Waals surface area contributed by atoms with E-state index in [1.165, 1.54) is 12.8 Å². The van der Waals surface area contributed by atoms with E-state index in [4.69, 9.17) is 15.2 Å². The molecule has 0 spiro atoms. The van der Waals surface area contributed by atoms with Crippen LogP contribution in [-0.2, 0) is 4.74 Å². The Morgan fingerprint density at radius 1 is 1.32 bits per heavy atom. The summed E-state index contributed by atoms with van der Waals surface area (Å²) >= 11 is 0. The normalized spacial score (nSPS) is 18.1. The van der Waals surface area contributed by atoms with E-state index in [2.05, 4.69) is 13.0 Å². The lowest BCUT2D eigenvalue weighted by Crippen LogP contribution is -2.30. The summed E-state index contributed by atoms with van der Waals surface area (Å²) in [4.78, 5) is 0. The number of para-hydroxylation sites is 1. The van der Waals surface area contributed by atoms with Gasteiger partial charge in [0.05, 0.1) is 7.11 Å². The number of nitrogens with two attached hydrogens (primary N) is 1. The molecule has 0 saturated heterocycles. The maximum absolute atomic E-state index is 6.22. The Hall–Kier alpha value is -1.06. The third-order valence-corrected chi connectivity index (χ3v) is 3.83. The molecular formula is C16H25NO2. The number of ether oxygens (including phenoxy) is 2. The maximum Gasteiger partial charge on any atom is 0.124 e. The molecule has 2 N–H and O–H groups in total. The molecule has 1 aliphatic rings. The minimum atomic E-state index is -0.0695. The van der Waals surface area contributed by atoms with Crippen LogP contribution in [0.1, 0.15) is 44.3 Å². The first-order chi connectivity index (χ1) is 9.26. The number of rotatable bonds is 8. The van der Waals surface area contributed by atoms with Gasteiger partial charge in [-0.25, -0.2) is 0 Å². The summed E-state index contributed by atoms with van der Waals surface area (Å²) in [7, 11) is 1.69. The molecule has 0 aliphatic heterocycles. The van der Waals surface area contributed by atoms with Crippen molar-refractivity contribution in [3.63, 3.8) is 0 Å². The van der Waals surface area contributed by atoms with Crippen LogP contribution in [0.4, 0.5) is 0 Å². The Labute approximate surface area is 116 Å². The van der Waals surface area contributed by atoms with Gasteiger partial charge in [0, 0.05) is 18.2 Å². The van der Waals surface area contributed by atoms with E-state index in [1.807, 2.05) is 18.2 Å². The zero-order chi connectivity index (χ0) is 13.7. The van der Waals surface area contributed by atoms with Crippen molar-refractivity contribution in [3.05, 3.63) is 29.8 Å². The molecule has 0 amide bonds. The van der Waals surface area contributed by atoms with Gasteiger partial charge in [0.15, 0.2) is 0 Å². The number of methoxy groups -OCH3 is 1. The smallest absolute Gasteiger partial charge is 0.124 e. The van der Waals surface area contributed by atoms with Crippen LogP contribution in [-0.4, -0.2) is 19.8 Å². The number of benzene rings is 1. The Morgan fingerprint density at radius 2 is 2.05 bits per heavy atom. The Bertz CT molecular complexity index is 390. The average Bonchev–Trinajstić information content (AvgIpc) is 3.27. The molecule has 2 atom stereocenters. The number of hydrogen-bond donors (Lipinski definition) is 1. The molecule has 0 radical (unpaired) electrons. The average molecular weight is 263 g/mol. The van der Waals surface area contributed by atoms with Gasteiger partial charge in [0.25, 0.3) is 0 Å². The Morgan fingerprint density at radius 3 is 2.68 bits per heavy atom. The summed E-state index contributed by atoms with van der Waals surface area (Å²) < 4.78 is 11.5. The van der Waals surface area contributed by atoms with Gasteiger partial charge in [-0.05, 0) is 24.8 Å². The molecule has 1 saturated carbocycles. The molecule has 0 heterocycles. The fourth-order valence-corrected chi connectivity index (χ4v) is 2.33. The van der Waals surface area contributed by atoms with Gasteiger partial charge in [0.2, 0.25) is 0 Å². The van der Waals surface area contributed by atoms with Crippen LogP contribution in [0.3, 0.4) is 0 Å². The predicted octanol–water partition coefficient (Wildman–Crippen LogP) is 3.29. The largest absolute Gasteiger partial charge is 0.496 e. The summed E-state index contributed by atoms with van der Waals surface area (Å²) in [6.07, 6.45) is 4.71. The molecule has 19 heavy (non-hydrogen) atoms. The lowest BCUT2D eigenvalue weighted by molar-refractivity contribution is 0.0285. The van der Waals surface area contributed by atoms with Gasteiger partial charge < -0.3 is 15.2 Å². The topological polar surface area (TPSA) is 44.5 Å². The van der Waals surface area contributed by atoms with Crippen LogP contribution >= 0.6 is 0 Å². The minimum Gasteiger partial charge on any atom is -0.496 e. The van der Waals surface area contributed by atoms with Crippen molar-refractivity contribution < 1.29 is 9.47 Å². The van der Waals surface area contributed by atoms with Crippen LogP contribution in [0, 0.1) is 5.92 Å². The quantitative estimate of drug-likeness (QED) is 0.782. The maximum atomic E-state index is 6.22. The first-order valence-corrected chi connectivity index (χ1v) is 7.26. The van der Waals surface area contributed by atoms with E-state index in [1.54, 1.807) is 7.11 Å². The highest BCUT2D eigenvalue weighted by Crippen LogP contribution is 2.34. The third-order valence-electron chi connectivity index (χ3n) is 3.83. The molecular weight excluding hydrogens is 238 g/mol. The summed E-state index contributed by atoms with van der Waals surface area (Å²) in [5.74, 6) is 1.75. The van der Waals surface area contributed by atoms with Crippen LogP contribution in [0.2, 0.25) is 0 Å². The van der Waals surface area contributed by atoms with Crippen molar-refractivity contribution in [2.75, 3.05) is 13.7 Å². The van der Waals surface area contributed by atoms with Crippen LogP contribution in [0.15, 0.2) is 24.3 Å². The molecule has 2 unspecified atom stereocenters. The van der Waals surface area contributed by atoms with Crippen molar-refractivity contribution in [2.45, 2.75) is 44.8 Å². The minimum absolute atomic E-state index is 0.00973. The molecule has 0 aromatic heterocycles. The molecule has 1 aromatic rings. The van der Waals surface area contributed by atoms with Crippen molar-refractivity contribution in [2.24, 2.45) is 11.7 Å². The first kappa shape index (κ1) is 14.4. The highest BCUT2D eigenvalue weighted by Gasteiger charge is 2.25. The summed E-state index contributed by atoms with van der Waals surface area (Å²) in [6.45, 7) is 2.89. The Balaban J connectivity index is 2.05. The molecule has 0 bridgehead atoms. The van der Waals surface area contributed by atoms with Gasteiger partial charge in [-0.1, -0.05) is 38.0 Å². The van der Waals surface area contributed by atoms with Crippen molar-refractivity contribution in [1.29, 1.82) is 0 Å². The molecule has 3 heteroatoms. The highest BCUT2D eigenvalue weighted by atomic mass is 16.5. The van der Waals surface area contributed by atoms with E-state index in [9.17, 15) is 0 Å². The first-order valence-electron chi connectivity index (χ1n) is 7.26. The molecule has 1 aromatic carbocycles. The van der Waals surface area contributed by atoms with Crippen molar-refractivity contribution in [1.82, 2.24) is 0 Å².